The maximum atomic E-state index is 12.2. The fourth-order valence-corrected chi connectivity index (χ4v) is 1.33. The van der Waals surface area contributed by atoms with Crippen molar-refractivity contribution in [3.05, 3.63) is 0 Å². The highest BCUT2D eigenvalue weighted by molar-refractivity contribution is 7.84. The molecule has 0 aromatic rings. The van der Waals surface area contributed by atoms with Gasteiger partial charge in [-0.3, -0.25) is 5.14 Å². The number of aliphatic hydroxyl groups is 1. The van der Waals surface area contributed by atoms with Crippen molar-refractivity contribution in [2.24, 2.45) is 11.1 Å². The van der Waals surface area contributed by atoms with Gasteiger partial charge in [-0.2, -0.15) is 0 Å². The first-order chi connectivity index (χ1) is 5.81. The summed E-state index contributed by atoms with van der Waals surface area (Å²) < 4.78 is 34.4. The third kappa shape index (κ3) is 4.10. The Balaban J connectivity index is 4.30. The lowest BCUT2D eigenvalue weighted by molar-refractivity contribution is 0.0328. The first kappa shape index (κ1) is 12.9. The van der Waals surface area contributed by atoms with Crippen LogP contribution in [0.25, 0.3) is 0 Å². The monoisotopic (exact) mass is 215 g/mol. The Bertz CT molecular complexity index is 187. The minimum absolute atomic E-state index is 0.0513. The molecular formula is C7H15F2NO2S. The third-order valence-electron chi connectivity index (χ3n) is 1.89. The van der Waals surface area contributed by atoms with Crippen molar-refractivity contribution in [2.75, 3.05) is 6.61 Å². The smallest absolute Gasteiger partial charge is 0.243 e. The molecule has 0 saturated carbocycles. The molecule has 13 heavy (non-hydrogen) atoms. The molecule has 0 aliphatic heterocycles. The maximum Gasteiger partial charge on any atom is 0.243 e. The van der Waals surface area contributed by atoms with E-state index in [0.717, 1.165) is 0 Å². The quantitative estimate of drug-likeness (QED) is 0.707. The van der Waals surface area contributed by atoms with Gasteiger partial charge in [0.1, 0.15) is 0 Å². The fraction of sp³-hybridized carbons (Fsp3) is 1.00. The normalized spacial score (nSPS) is 17.5. The van der Waals surface area contributed by atoms with Gasteiger partial charge in [0.2, 0.25) is 6.43 Å². The molecule has 0 spiro atoms. The predicted octanol–water partition coefficient (Wildman–Crippen LogP) is 0.651. The fourth-order valence-electron chi connectivity index (χ4n) is 0.947. The topological polar surface area (TPSA) is 63.3 Å². The van der Waals surface area contributed by atoms with Crippen molar-refractivity contribution in [3.63, 3.8) is 0 Å². The highest BCUT2D eigenvalue weighted by atomic mass is 32.2. The molecule has 1 unspecified atom stereocenters. The second-order valence-corrected chi connectivity index (χ2v) is 5.24. The SMILES string of the molecule is CC(C)(C[C@@H](CO)C(F)F)S(N)=O. The van der Waals surface area contributed by atoms with E-state index >= 15 is 0 Å². The molecule has 0 heterocycles. The summed E-state index contributed by atoms with van der Waals surface area (Å²) in [5.41, 5.74) is 0. The second-order valence-electron chi connectivity index (χ2n) is 3.54. The standard InChI is InChI=1S/C7H15F2NO2S/c1-7(2,13(10)12)3-5(4-11)6(8)9/h5-6,11H,3-4,10H2,1-2H3/t5-,13?/m0/s1. The molecule has 2 atom stereocenters. The number of hydrogen-bond acceptors (Lipinski definition) is 2. The van der Waals surface area contributed by atoms with Gasteiger partial charge in [-0.05, 0) is 20.3 Å². The van der Waals surface area contributed by atoms with Gasteiger partial charge in [-0.25, -0.2) is 13.0 Å². The second kappa shape index (κ2) is 4.97. The van der Waals surface area contributed by atoms with E-state index in [-0.39, 0.29) is 6.42 Å². The molecular weight excluding hydrogens is 200 g/mol. The van der Waals surface area contributed by atoms with Crippen LogP contribution in [0.3, 0.4) is 0 Å². The molecule has 0 aromatic heterocycles. The van der Waals surface area contributed by atoms with E-state index in [0.29, 0.717) is 0 Å². The van der Waals surface area contributed by atoms with Gasteiger partial charge < -0.3 is 5.11 Å². The highest BCUT2D eigenvalue weighted by Gasteiger charge is 2.31. The van der Waals surface area contributed by atoms with Gasteiger partial charge in [0, 0.05) is 5.92 Å². The third-order valence-corrected chi connectivity index (χ3v) is 3.15. The summed E-state index contributed by atoms with van der Waals surface area (Å²) in [7, 11) is -1.66. The van der Waals surface area contributed by atoms with Crippen LogP contribution in [-0.4, -0.2) is 27.1 Å². The lowest BCUT2D eigenvalue weighted by atomic mass is 9.97. The summed E-state index contributed by atoms with van der Waals surface area (Å²) in [5, 5.41) is 13.7. The summed E-state index contributed by atoms with van der Waals surface area (Å²) in [6, 6.07) is 0. The van der Waals surface area contributed by atoms with Crippen LogP contribution in [0.5, 0.6) is 0 Å². The summed E-state index contributed by atoms with van der Waals surface area (Å²) in [5.74, 6) is -1.15. The summed E-state index contributed by atoms with van der Waals surface area (Å²) in [6.07, 6.45) is -2.66. The number of rotatable bonds is 5. The molecule has 6 heteroatoms. The Kier molecular flexibility index (Phi) is 4.95. The van der Waals surface area contributed by atoms with E-state index in [2.05, 4.69) is 0 Å². The number of alkyl halides is 2. The number of aliphatic hydroxyl groups excluding tert-OH is 1. The Morgan fingerprint density at radius 3 is 2.23 bits per heavy atom. The maximum absolute atomic E-state index is 12.2. The van der Waals surface area contributed by atoms with Crippen LogP contribution in [0.1, 0.15) is 20.3 Å². The van der Waals surface area contributed by atoms with Crippen molar-refractivity contribution in [1.82, 2.24) is 0 Å². The summed E-state index contributed by atoms with van der Waals surface area (Å²) >= 11 is 0. The average molecular weight is 215 g/mol. The zero-order valence-electron chi connectivity index (χ0n) is 7.67. The summed E-state index contributed by atoms with van der Waals surface area (Å²) in [6.45, 7) is 2.46. The minimum Gasteiger partial charge on any atom is -0.396 e. The van der Waals surface area contributed by atoms with E-state index in [4.69, 9.17) is 10.2 Å². The van der Waals surface area contributed by atoms with Gasteiger partial charge in [-0.15, -0.1) is 0 Å². The zero-order chi connectivity index (χ0) is 10.6. The van der Waals surface area contributed by atoms with Crippen molar-refractivity contribution in [2.45, 2.75) is 31.4 Å². The van der Waals surface area contributed by atoms with Crippen molar-refractivity contribution in [3.8, 4) is 0 Å². The van der Waals surface area contributed by atoms with Crippen LogP contribution in [-0.2, 0) is 11.0 Å². The van der Waals surface area contributed by atoms with Crippen LogP contribution in [0.4, 0.5) is 8.78 Å². The van der Waals surface area contributed by atoms with E-state index < -0.39 is 34.7 Å². The van der Waals surface area contributed by atoms with Gasteiger partial charge in [0.15, 0.2) is 0 Å². The van der Waals surface area contributed by atoms with Gasteiger partial charge >= 0.3 is 0 Å². The lowest BCUT2D eigenvalue weighted by Crippen LogP contribution is -2.36. The first-order valence-corrected chi connectivity index (χ1v) is 5.08. The average Bonchev–Trinajstić information content (AvgIpc) is 1.99. The molecule has 0 aliphatic carbocycles. The summed E-state index contributed by atoms with van der Waals surface area (Å²) in [4.78, 5) is 0. The van der Waals surface area contributed by atoms with E-state index in [1.165, 1.54) is 13.8 Å². The van der Waals surface area contributed by atoms with E-state index in [1.807, 2.05) is 0 Å². The molecule has 0 saturated heterocycles. The van der Waals surface area contributed by atoms with Crippen molar-refractivity contribution < 1.29 is 18.1 Å². The molecule has 0 amide bonds. The Labute approximate surface area is 78.9 Å². The Hall–Kier alpha value is -0.0700. The van der Waals surface area contributed by atoms with Crippen molar-refractivity contribution >= 4 is 11.0 Å². The molecule has 0 bridgehead atoms. The van der Waals surface area contributed by atoms with Crippen LogP contribution < -0.4 is 5.14 Å². The lowest BCUT2D eigenvalue weighted by Gasteiger charge is -2.25. The molecule has 0 fully saturated rings. The molecule has 3 N–H and O–H groups in total. The predicted molar refractivity (Wildman–Crippen MR) is 47.6 cm³/mol. The first-order valence-electron chi connectivity index (χ1n) is 3.86. The molecule has 0 rings (SSSR count). The number of hydrogen-bond donors (Lipinski definition) is 2. The molecule has 0 aliphatic rings. The molecule has 80 valence electrons. The number of nitrogens with two attached hydrogens (primary N) is 1. The van der Waals surface area contributed by atoms with Crippen LogP contribution >= 0.6 is 0 Å². The van der Waals surface area contributed by atoms with Gasteiger partial charge in [-0.1, -0.05) is 0 Å². The largest absolute Gasteiger partial charge is 0.396 e. The molecule has 3 nitrogen and oxygen atoms in total. The highest BCUT2D eigenvalue weighted by Crippen LogP contribution is 2.24. The van der Waals surface area contributed by atoms with Crippen molar-refractivity contribution in [1.29, 1.82) is 0 Å². The number of halogens is 2. The zero-order valence-corrected chi connectivity index (χ0v) is 8.48. The molecule has 0 radical (unpaired) electrons. The van der Waals surface area contributed by atoms with Gasteiger partial charge in [0.25, 0.3) is 0 Å². The Morgan fingerprint density at radius 2 is 2.00 bits per heavy atom. The van der Waals surface area contributed by atoms with Crippen LogP contribution in [0.2, 0.25) is 0 Å². The van der Waals surface area contributed by atoms with E-state index in [9.17, 15) is 13.0 Å². The Morgan fingerprint density at radius 1 is 1.54 bits per heavy atom. The minimum atomic E-state index is -2.60. The van der Waals surface area contributed by atoms with Gasteiger partial charge in [0.05, 0.1) is 22.3 Å². The van der Waals surface area contributed by atoms with Crippen LogP contribution in [0.15, 0.2) is 0 Å². The molecule has 0 aromatic carbocycles. The van der Waals surface area contributed by atoms with Crippen LogP contribution in [0, 0.1) is 5.92 Å². The van der Waals surface area contributed by atoms with E-state index in [1.54, 1.807) is 0 Å².